The average molecular weight is 533 g/mol. The number of rotatable bonds is 9. The lowest BCUT2D eigenvalue weighted by Gasteiger charge is -2.33. The molecule has 0 saturated heterocycles. The van der Waals surface area contributed by atoms with E-state index in [0.29, 0.717) is 11.3 Å². The molecular weight excluding hydrogens is 512 g/mol. The summed E-state index contributed by atoms with van der Waals surface area (Å²) in [6.45, 7) is 4.03. The third-order valence-corrected chi connectivity index (χ3v) is 7.96. The highest BCUT2D eigenvalue weighted by Gasteiger charge is 2.66. The molecule has 1 aromatic rings. The maximum atomic E-state index is 12.4. The molecule has 0 fully saturated rings. The lowest BCUT2D eigenvalue weighted by Crippen LogP contribution is -2.40. The van der Waals surface area contributed by atoms with Gasteiger partial charge in [0, 0.05) is 5.38 Å². The number of amides is 1. The van der Waals surface area contributed by atoms with Crippen LogP contribution in [0, 0.1) is 0 Å². The van der Waals surface area contributed by atoms with Crippen molar-refractivity contribution in [3.8, 4) is 0 Å². The number of nitrogens with one attached hydrogen (secondary N) is 1. The van der Waals surface area contributed by atoms with E-state index >= 15 is 0 Å². The van der Waals surface area contributed by atoms with Crippen molar-refractivity contribution in [2.75, 3.05) is 12.4 Å². The SMILES string of the molecule is CON=C(C(=O)O)c1csc(NC(=O)CC(OC(=O)OC(C)(C)C)(P(=O)(O)O)P(=O)(O)O)n1. The zero-order valence-electron chi connectivity index (χ0n) is 17.5. The Hall–Kier alpha value is -2.39. The van der Waals surface area contributed by atoms with Gasteiger partial charge < -0.3 is 44.3 Å². The Labute approximate surface area is 189 Å². The number of aromatic nitrogens is 1. The molecule has 0 unspecified atom stereocenters. The fourth-order valence-electron chi connectivity index (χ4n) is 2.03. The summed E-state index contributed by atoms with van der Waals surface area (Å²) in [6, 6.07) is 0. The number of thiazole rings is 1. The molecule has 1 heterocycles. The van der Waals surface area contributed by atoms with Crippen molar-refractivity contribution in [3.63, 3.8) is 0 Å². The molecule has 1 amide bonds. The van der Waals surface area contributed by atoms with E-state index < -0.39 is 56.0 Å². The van der Waals surface area contributed by atoms with Gasteiger partial charge in [0.1, 0.15) is 18.4 Å². The van der Waals surface area contributed by atoms with E-state index in [-0.39, 0.29) is 10.8 Å². The Morgan fingerprint density at radius 1 is 1.12 bits per heavy atom. The smallest absolute Gasteiger partial charge is 0.476 e. The fraction of sp³-hybridized carbons (Fsp3) is 0.500. The minimum absolute atomic E-state index is 0.258. The minimum Gasteiger partial charge on any atom is -0.476 e. The predicted molar refractivity (Wildman–Crippen MR) is 111 cm³/mol. The first kappa shape index (κ1) is 28.6. The number of oxime groups is 1. The van der Waals surface area contributed by atoms with E-state index in [4.69, 9.17) is 5.11 Å². The second-order valence-corrected chi connectivity index (χ2v) is 11.9. The van der Waals surface area contributed by atoms with Crippen molar-refractivity contribution in [2.45, 2.75) is 37.9 Å². The first-order valence-electron chi connectivity index (χ1n) is 8.46. The molecule has 0 aliphatic carbocycles. The quantitative estimate of drug-likeness (QED) is 0.111. The van der Waals surface area contributed by atoms with Crippen molar-refractivity contribution in [2.24, 2.45) is 5.16 Å². The summed E-state index contributed by atoms with van der Waals surface area (Å²) in [6.07, 6.45) is -3.55. The molecule has 0 aliphatic heterocycles. The van der Waals surface area contributed by atoms with Crippen molar-refractivity contribution < 1.29 is 62.5 Å². The second kappa shape index (κ2) is 10.3. The first-order chi connectivity index (χ1) is 14.8. The summed E-state index contributed by atoms with van der Waals surface area (Å²) in [5.41, 5.74) is -2.16. The van der Waals surface area contributed by atoms with Gasteiger partial charge >= 0.3 is 32.4 Å². The maximum absolute atomic E-state index is 12.4. The number of carbonyl (C=O) groups excluding carboxylic acids is 2. The summed E-state index contributed by atoms with van der Waals surface area (Å²) >= 11 is 0.649. The molecule has 0 saturated carbocycles. The average Bonchev–Trinajstić information content (AvgIpc) is 3.02. The Morgan fingerprint density at radius 2 is 1.67 bits per heavy atom. The third-order valence-electron chi connectivity index (χ3n) is 3.32. The van der Waals surface area contributed by atoms with E-state index in [1.807, 2.05) is 5.32 Å². The molecule has 0 spiro atoms. The summed E-state index contributed by atoms with van der Waals surface area (Å²) in [4.78, 5) is 82.1. The van der Waals surface area contributed by atoms with Gasteiger partial charge in [-0.2, -0.15) is 0 Å². The second-order valence-electron chi connectivity index (χ2n) is 7.09. The standard InChI is InChI=1S/C14H21N3O13P2S/c1-13(2,3)29-12(21)30-14(31(22,23)24,32(25,26)27)5-8(18)16-11-15-7(6-33-11)9(10(19)20)17-28-4/h6H,5H2,1-4H3,(H,19,20)(H,15,16,18)(H2,22,23,24)(H2,25,26,27). The lowest BCUT2D eigenvalue weighted by molar-refractivity contribution is -0.129. The minimum atomic E-state index is -6.02. The van der Waals surface area contributed by atoms with Gasteiger partial charge in [-0.3, -0.25) is 13.9 Å². The molecule has 0 bridgehead atoms. The molecule has 0 aliphatic rings. The molecule has 1 aromatic heterocycles. The van der Waals surface area contributed by atoms with Gasteiger partial charge in [0.15, 0.2) is 5.13 Å². The van der Waals surface area contributed by atoms with E-state index in [1.165, 1.54) is 20.8 Å². The van der Waals surface area contributed by atoms with Gasteiger partial charge in [-0.1, -0.05) is 5.16 Å². The summed E-state index contributed by atoms with van der Waals surface area (Å²) in [7, 11) is -11.0. The Balaban J connectivity index is 3.27. The van der Waals surface area contributed by atoms with Crippen LogP contribution in [0.5, 0.6) is 0 Å². The van der Waals surface area contributed by atoms with Crippen LogP contribution >= 0.6 is 26.5 Å². The third kappa shape index (κ3) is 7.57. The van der Waals surface area contributed by atoms with Crippen molar-refractivity contribution in [1.29, 1.82) is 0 Å². The van der Waals surface area contributed by atoms with Crippen LogP contribution in [-0.4, -0.2) is 71.2 Å². The van der Waals surface area contributed by atoms with Crippen LogP contribution < -0.4 is 5.32 Å². The zero-order valence-corrected chi connectivity index (χ0v) is 20.1. The van der Waals surface area contributed by atoms with Crippen molar-refractivity contribution in [1.82, 2.24) is 4.98 Å². The van der Waals surface area contributed by atoms with E-state index in [0.717, 1.165) is 12.5 Å². The first-order valence-corrected chi connectivity index (χ1v) is 12.6. The van der Waals surface area contributed by atoms with Crippen LogP contribution in [0.1, 0.15) is 32.9 Å². The summed E-state index contributed by atoms with van der Waals surface area (Å²) in [5, 5.41) is 11.2. The molecule has 16 nitrogen and oxygen atoms in total. The number of carbonyl (C=O) groups is 3. The van der Waals surface area contributed by atoms with Crippen LogP contribution in [0.25, 0.3) is 0 Å². The number of ether oxygens (including phenoxy) is 2. The number of carboxylic acid groups (broad SMARTS) is 1. The molecule has 19 heteroatoms. The molecule has 0 aromatic carbocycles. The van der Waals surface area contributed by atoms with Crippen LogP contribution in [0.3, 0.4) is 0 Å². The molecular formula is C14H21N3O13P2S. The van der Waals surface area contributed by atoms with Gasteiger partial charge in [-0.05, 0) is 20.8 Å². The zero-order chi connectivity index (χ0) is 25.8. The Kier molecular flexibility index (Phi) is 8.90. The summed E-state index contributed by atoms with van der Waals surface area (Å²) < 4.78 is 33.1. The van der Waals surface area contributed by atoms with Crippen molar-refractivity contribution in [3.05, 3.63) is 11.1 Å². The number of hydrogen-bond acceptors (Lipinski definition) is 11. The molecule has 1 rings (SSSR count). The van der Waals surface area contributed by atoms with Crippen LogP contribution in [0.15, 0.2) is 10.5 Å². The highest BCUT2D eigenvalue weighted by atomic mass is 32.1. The summed E-state index contributed by atoms with van der Waals surface area (Å²) in [5.74, 6) is -2.96. The number of aliphatic carboxylic acids is 1. The maximum Gasteiger partial charge on any atom is 0.510 e. The van der Waals surface area contributed by atoms with Gasteiger partial charge in [-0.25, -0.2) is 14.6 Å². The van der Waals surface area contributed by atoms with E-state index in [9.17, 15) is 43.1 Å². The molecule has 33 heavy (non-hydrogen) atoms. The number of anilines is 1. The molecule has 0 radical (unpaired) electrons. The fourth-order valence-corrected chi connectivity index (χ4v) is 5.19. The molecule has 186 valence electrons. The van der Waals surface area contributed by atoms with Crippen LogP contribution in [0.2, 0.25) is 0 Å². The van der Waals surface area contributed by atoms with Gasteiger partial charge in [0.25, 0.3) is 0 Å². The van der Waals surface area contributed by atoms with Gasteiger partial charge in [0.05, 0.1) is 6.42 Å². The number of hydrogen-bond donors (Lipinski definition) is 6. The van der Waals surface area contributed by atoms with Crippen molar-refractivity contribution >= 4 is 55.4 Å². The van der Waals surface area contributed by atoms with E-state index in [1.54, 1.807) is 0 Å². The van der Waals surface area contributed by atoms with Gasteiger partial charge in [0.2, 0.25) is 11.6 Å². The van der Waals surface area contributed by atoms with Crippen LogP contribution in [0.4, 0.5) is 9.93 Å². The normalized spacial score (nSPS) is 13.3. The monoisotopic (exact) mass is 533 g/mol. The number of carboxylic acids is 1. The Morgan fingerprint density at radius 3 is 2.09 bits per heavy atom. The predicted octanol–water partition coefficient (Wildman–Crippen LogP) is 0.868. The largest absolute Gasteiger partial charge is 0.510 e. The lowest BCUT2D eigenvalue weighted by atomic mass is 10.2. The molecule has 0 atom stereocenters. The van der Waals surface area contributed by atoms with Gasteiger partial charge in [-0.15, -0.1) is 11.3 Å². The Bertz CT molecular complexity index is 1010. The van der Waals surface area contributed by atoms with E-state index in [2.05, 4.69) is 24.5 Å². The topological polar surface area (TPSA) is 251 Å². The highest BCUT2D eigenvalue weighted by molar-refractivity contribution is 7.72. The van der Waals surface area contributed by atoms with Crippen LogP contribution in [-0.2, 0) is 33.0 Å². The number of nitrogens with zero attached hydrogens (tertiary/aromatic N) is 2. The highest BCUT2D eigenvalue weighted by Crippen LogP contribution is 2.71. The molecule has 6 N–H and O–H groups in total.